The lowest BCUT2D eigenvalue weighted by atomic mass is 9.97. The molecule has 1 heterocycles. The Morgan fingerprint density at radius 1 is 0.941 bits per heavy atom. The second-order valence-electron chi connectivity index (χ2n) is 8.74. The fourth-order valence-corrected chi connectivity index (χ4v) is 4.54. The van der Waals surface area contributed by atoms with Gasteiger partial charge in [-0.2, -0.15) is 31.6 Å². The van der Waals surface area contributed by atoms with Gasteiger partial charge in [0.15, 0.2) is 0 Å². The molecule has 0 aromatic heterocycles. The molecule has 2 atom stereocenters. The third-order valence-electron chi connectivity index (χ3n) is 6.63. The van der Waals surface area contributed by atoms with E-state index < -0.39 is 34.8 Å². The Kier molecular flexibility index (Phi) is 5.78. The van der Waals surface area contributed by atoms with Crippen molar-refractivity contribution in [2.24, 2.45) is 5.41 Å². The highest BCUT2D eigenvalue weighted by molar-refractivity contribution is 5.90. The van der Waals surface area contributed by atoms with Crippen LogP contribution in [-0.2, 0) is 17.1 Å². The molecule has 4 rings (SSSR count). The van der Waals surface area contributed by atoms with E-state index in [0.29, 0.717) is 29.9 Å². The summed E-state index contributed by atoms with van der Waals surface area (Å²) in [6.45, 7) is 2.80. The number of aryl methyl sites for hydroxylation is 1. The van der Waals surface area contributed by atoms with Crippen molar-refractivity contribution in [3.63, 3.8) is 0 Å². The Labute approximate surface area is 192 Å². The molecule has 2 aromatic carbocycles. The summed E-state index contributed by atoms with van der Waals surface area (Å²) in [5.41, 5.74) is -1.23. The molecular formula is C24H21F6N3O. The fraction of sp³-hybridized carbons (Fsp3) is 0.417. The quantitative estimate of drug-likeness (QED) is 0.554. The lowest BCUT2D eigenvalue weighted by molar-refractivity contribution is -0.138. The van der Waals surface area contributed by atoms with Crippen molar-refractivity contribution in [3.8, 4) is 6.07 Å². The molecule has 1 aliphatic carbocycles. The Morgan fingerprint density at radius 3 is 2.03 bits per heavy atom. The Morgan fingerprint density at radius 2 is 1.50 bits per heavy atom. The predicted molar refractivity (Wildman–Crippen MR) is 112 cm³/mol. The summed E-state index contributed by atoms with van der Waals surface area (Å²) in [5, 5.41) is 9.75. The maximum atomic E-state index is 13.2. The highest BCUT2D eigenvalue weighted by atomic mass is 19.4. The van der Waals surface area contributed by atoms with Gasteiger partial charge in [0.05, 0.1) is 17.2 Å². The number of rotatable bonds is 3. The monoisotopic (exact) mass is 481 g/mol. The first-order chi connectivity index (χ1) is 15.9. The molecule has 2 unspecified atom stereocenters. The standard InChI is InChI=1S/C24H21F6N3O/c1-15-2-5-18(24(28,29)30)12-20(15)32-8-10-33(11-9-32)21(34)22(14-31)13-19(22)16-3-6-17(7-4-16)23(25,26)27/h2-7,12,19H,8-11,13H2,1H3. The van der Waals surface area contributed by atoms with Crippen molar-refractivity contribution in [1.29, 1.82) is 5.26 Å². The van der Waals surface area contributed by atoms with E-state index in [0.717, 1.165) is 24.3 Å². The third kappa shape index (κ3) is 4.31. The fourth-order valence-electron chi connectivity index (χ4n) is 4.54. The van der Waals surface area contributed by atoms with E-state index in [1.165, 1.54) is 23.1 Å². The minimum atomic E-state index is -4.47. The van der Waals surface area contributed by atoms with Crippen LogP contribution in [0.3, 0.4) is 0 Å². The summed E-state index contributed by atoms with van der Waals surface area (Å²) in [4.78, 5) is 16.5. The number of nitrogens with zero attached hydrogens (tertiary/aromatic N) is 3. The second kappa shape index (κ2) is 8.22. The van der Waals surface area contributed by atoms with Crippen LogP contribution in [-0.4, -0.2) is 37.0 Å². The van der Waals surface area contributed by atoms with Crippen LogP contribution in [0.5, 0.6) is 0 Å². The number of carbonyl (C=O) groups excluding carboxylic acids is 1. The summed E-state index contributed by atoms with van der Waals surface area (Å²) in [6, 6.07) is 10.1. The van der Waals surface area contributed by atoms with Crippen molar-refractivity contribution in [2.75, 3.05) is 31.1 Å². The van der Waals surface area contributed by atoms with Gasteiger partial charge in [-0.15, -0.1) is 0 Å². The molecule has 2 fully saturated rings. The van der Waals surface area contributed by atoms with Crippen LogP contribution >= 0.6 is 0 Å². The van der Waals surface area contributed by atoms with Gasteiger partial charge in [0.2, 0.25) is 5.91 Å². The maximum Gasteiger partial charge on any atom is 0.416 e. The van der Waals surface area contributed by atoms with Crippen molar-refractivity contribution >= 4 is 11.6 Å². The minimum absolute atomic E-state index is 0.223. The number of amides is 1. The van der Waals surface area contributed by atoms with Crippen LogP contribution in [0, 0.1) is 23.7 Å². The van der Waals surface area contributed by atoms with E-state index >= 15 is 0 Å². The summed E-state index contributed by atoms with van der Waals surface area (Å²) >= 11 is 0. The SMILES string of the molecule is Cc1ccc(C(F)(F)F)cc1N1CCN(C(=O)C2(C#N)CC2c2ccc(C(F)(F)F)cc2)CC1. The number of halogens is 6. The van der Waals surface area contributed by atoms with E-state index in [1.807, 2.05) is 0 Å². The molecule has 4 nitrogen and oxygen atoms in total. The third-order valence-corrected chi connectivity index (χ3v) is 6.63. The number of benzene rings is 2. The lowest BCUT2D eigenvalue weighted by Gasteiger charge is -2.38. The first-order valence-electron chi connectivity index (χ1n) is 10.7. The summed E-state index contributed by atoms with van der Waals surface area (Å²) in [5.74, 6) is -0.878. The zero-order chi connectivity index (χ0) is 24.9. The second-order valence-corrected chi connectivity index (χ2v) is 8.74. The molecule has 1 saturated carbocycles. The van der Waals surface area contributed by atoms with Gasteiger partial charge in [0.25, 0.3) is 0 Å². The van der Waals surface area contributed by atoms with E-state index in [-0.39, 0.29) is 25.4 Å². The molecule has 10 heteroatoms. The molecule has 0 radical (unpaired) electrons. The summed E-state index contributed by atoms with van der Waals surface area (Å²) in [7, 11) is 0. The van der Waals surface area contributed by atoms with E-state index in [4.69, 9.17) is 0 Å². The molecule has 180 valence electrons. The molecule has 2 aromatic rings. The maximum absolute atomic E-state index is 13.2. The van der Waals surface area contributed by atoms with Gasteiger partial charge in [-0.1, -0.05) is 18.2 Å². The molecule has 0 bridgehead atoms. The number of carbonyl (C=O) groups is 1. The first-order valence-corrected chi connectivity index (χ1v) is 10.7. The van der Waals surface area contributed by atoms with Crippen molar-refractivity contribution < 1.29 is 31.1 Å². The zero-order valence-electron chi connectivity index (χ0n) is 18.2. The highest BCUT2D eigenvalue weighted by Gasteiger charge is 2.63. The van der Waals surface area contributed by atoms with Crippen LogP contribution < -0.4 is 4.90 Å². The van der Waals surface area contributed by atoms with E-state index in [2.05, 4.69) is 6.07 Å². The number of nitriles is 1. The Bertz CT molecular complexity index is 1130. The van der Waals surface area contributed by atoms with Gasteiger partial charge in [-0.25, -0.2) is 0 Å². The molecule has 1 aliphatic heterocycles. The Hall–Kier alpha value is -3.22. The normalized spacial score (nSPS) is 22.9. The van der Waals surface area contributed by atoms with Crippen LogP contribution in [0.25, 0.3) is 0 Å². The zero-order valence-corrected chi connectivity index (χ0v) is 18.2. The highest BCUT2D eigenvalue weighted by Crippen LogP contribution is 2.60. The van der Waals surface area contributed by atoms with Gasteiger partial charge < -0.3 is 9.80 Å². The van der Waals surface area contributed by atoms with Crippen LogP contribution in [0.4, 0.5) is 32.0 Å². The van der Waals surface area contributed by atoms with Gasteiger partial charge in [-0.3, -0.25) is 4.79 Å². The predicted octanol–water partition coefficient (Wildman–Crippen LogP) is 5.38. The lowest BCUT2D eigenvalue weighted by Crippen LogP contribution is -2.51. The summed E-state index contributed by atoms with van der Waals surface area (Å²) < 4.78 is 77.8. The van der Waals surface area contributed by atoms with Crippen LogP contribution in [0.15, 0.2) is 42.5 Å². The van der Waals surface area contributed by atoms with Crippen molar-refractivity contribution in [3.05, 3.63) is 64.7 Å². The summed E-state index contributed by atoms with van der Waals surface area (Å²) in [6.07, 6.45) is -8.71. The van der Waals surface area contributed by atoms with Gasteiger partial charge >= 0.3 is 12.4 Å². The molecule has 0 spiro atoms. The largest absolute Gasteiger partial charge is 0.416 e. The average Bonchev–Trinajstić information content (AvgIpc) is 3.54. The molecule has 34 heavy (non-hydrogen) atoms. The van der Waals surface area contributed by atoms with Crippen molar-refractivity contribution in [2.45, 2.75) is 31.6 Å². The molecule has 2 aliphatic rings. The smallest absolute Gasteiger partial charge is 0.368 e. The molecular weight excluding hydrogens is 460 g/mol. The first kappa shape index (κ1) is 23.9. The Balaban J connectivity index is 1.44. The van der Waals surface area contributed by atoms with E-state index in [9.17, 15) is 36.4 Å². The number of piperazine rings is 1. The van der Waals surface area contributed by atoms with Crippen molar-refractivity contribution in [1.82, 2.24) is 4.90 Å². The minimum Gasteiger partial charge on any atom is -0.368 e. The molecule has 1 amide bonds. The van der Waals surface area contributed by atoms with Crippen LogP contribution in [0.1, 0.15) is 34.6 Å². The van der Waals surface area contributed by atoms with Crippen LogP contribution in [0.2, 0.25) is 0 Å². The molecule has 0 N–H and O–H groups in total. The van der Waals surface area contributed by atoms with E-state index in [1.54, 1.807) is 11.8 Å². The number of hydrogen-bond donors (Lipinski definition) is 0. The van der Waals surface area contributed by atoms with Gasteiger partial charge in [0, 0.05) is 37.8 Å². The number of anilines is 1. The number of alkyl halides is 6. The number of hydrogen-bond acceptors (Lipinski definition) is 3. The topological polar surface area (TPSA) is 47.3 Å². The molecule has 1 saturated heterocycles. The average molecular weight is 481 g/mol. The van der Waals surface area contributed by atoms with Gasteiger partial charge in [-0.05, 0) is 48.7 Å². The van der Waals surface area contributed by atoms with Gasteiger partial charge in [0.1, 0.15) is 5.41 Å².